The molecular weight excluding hydrogens is 275 g/mol. The topological polar surface area (TPSA) is 55.1 Å². The van der Waals surface area contributed by atoms with E-state index in [0.29, 0.717) is 11.4 Å². The van der Waals surface area contributed by atoms with E-state index in [9.17, 15) is 9.18 Å². The fourth-order valence-electron chi connectivity index (χ4n) is 1.66. The molecule has 0 spiro atoms. The minimum atomic E-state index is -0.335. The summed E-state index contributed by atoms with van der Waals surface area (Å²) in [6.07, 6.45) is 0. The maximum Gasteiger partial charge on any atom is 0.237 e. The third-order valence-corrected chi connectivity index (χ3v) is 3.73. The number of nitrogens with one attached hydrogen (secondary N) is 1. The van der Waals surface area contributed by atoms with E-state index in [1.807, 2.05) is 0 Å². The van der Waals surface area contributed by atoms with Crippen molar-refractivity contribution in [2.75, 3.05) is 11.1 Å². The minimum Gasteiger partial charge on any atom is -0.399 e. The number of nitrogen functional groups attached to an aromatic ring is 1. The van der Waals surface area contributed by atoms with Gasteiger partial charge in [0.2, 0.25) is 5.91 Å². The monoisotopic (exact) mass is 290 g/mol. The molecule has 20 heavy (non-hydrogen) atoms. The van der Waals surface area contributed by atoms with Crippen LogP contribution in [-0.2, 0) is 4.79 Å². The predicted octanol–water partition coefficient (Wildman–Crippen LogP) is 3.53. The molecule has 0 aromatic heterocycles. The zero-order valence-electron chi connectivity index (χ0n) is 11.0. The van der Waals surface area contributed by atoms with Gasteiger partial charge >= 0.3 is 0 Å². The van der Waals surface area contributed by atoms with E-state index in [4.69, 9.17) is 5.73 Å². The number of carbonyl (C=O) groups is 1. The normalized spacial score (nSPS) is 11.9. The summed E-state index contributed by atoms with van der Waals surface area (Å²) < 4.78 is 13.1. The number of anilines is 2. The molecule has 0 radical (unpaired) electrons. The fraction of sp³-hybridized carbons (Fsp3) is 0.133. The van der Waals surface area contributed by atoms with Gasteiger partial charge in [-0.05, 0) is 43.3 Å². The summed E-state index contributed by atoms with van der Waals surface area (Å²) in [6.45, 7) is 1.78. The summed E-state index contributed by atoms with van der Waals surface area (Å²) in [5.41, 5.74) is 6.90. The van der Waals surface area contributed by atoms with Crippen molar-refractivity contribution in [3.8, 4) is 0 Å². The van der Waals surface area contributed by atoms with Crippen LogP contribution < -0.4 is 11.1 Å². The number of nitrogens with two attached hydrogens (primary N) is 1. The molecule has 2 aromatic rings. The molecule has 0 saturated heterocycles. The summed E-state index contributed by atoms with van der Waals surface area (Å²) in [5, 5.41) is 2.45. The number of thioether (sulfide) groups is 1. The third-order valence-electron chi connectivity index (χ3n) is 2.63. The van der Waals surface area contributed by atoms with Crippen molar-refractivity contribution in [1.29, 1.82) is 0 Å². The Morgan fingerprint density at radius 3 is 2.70 bits per heavy atom. The first-order valence-corrected chi connectivity index (χ1v) is 7.01. The number of hydrogen-bond donors (Lipinski definition) is 2. The third kappa shape index (κ3) is 3.99. The Morgan fingerprint density at radius 1 is 1.25 bits per heavy atom. The van der Waals surface area contributed by atoms with Crippen molar-refractivity contribution in [2.24, 2.45) is 0 Å². The Kier molecular flexibility index (Phi) is 4.63. The number of halogens is 1. The standard InChI is InChI=1S/C15H15FN2OS/c1-10(20-14-7-2-4-11(16)8-14)15(19)18-13-6-3-5-12(17)9-13/h2-10H,17H2,1H3,(H,18,19). The van der Waals surface area contributed by atoms with Crippen molar-refractivity contribution in [3.05, 3.63) is 54.3 Å². The van der Waals surface area contributed by atoms with Gasteiger partial charge in [0, 0.05) is 16.3 Å². The lowest BCUT2D eigenvalue weighted by atomic mass is 10.3. The van der Waals surface area contributed by atoms with Crippen LogP contribution in [0.5, 0.6) is 0 Å². The molecule has 0 aliphatic carbocycles. The van der Waals surface area contributed by atoms with Gasteiger partial charge in [0.1, 0.15) is 5.82 Å². The molecule has 5 heteroatoms. The Hall–Kier alpha value is -2.01. The second-order valence-electron chi connectivity index (χ2n) is 4.33. The molecule has 3 nitrogen and oxygen atoms in total. The molecule has 0 aliphatic rings. The highest BCUT2D eigenvalue weighted by Gasteiger charge is 2.14. The van der Waals surface area contributed by atoms with Gasteiger partial charge < -0.3 is 11.1 Å². The van der Waals surface area contributed by atoms with E-state index in [2.05, 4.69) is 5.32 Å². The molecule has 1 amide bonds. The first kappa shape index (κ1) is 14.4. The predicted molar refractivity (Wildman–Crippen MR) is 81.2 cm³/mol. The number of rotatable bonds is 4. The highest BCUT2D eigenvalue weighted by atomic mass is 32.2. The number of hydrogen-bond acceptors (Lipinski definition) is 3. The van der Waals surface area contributed by atoms with E-state index in [1.54, 1.807) is 43.3 Å². The van der Waals surface area contributed by atoms with Crippen LogP contribution in [0.3, 0.4) is 0 Å². The zero-order valence-corrected chi connectivity index (χ0v) is 11.8. The Balaban J connectivity index is 1.98. The van der Waals surface area contributed by atoms with Gasteiger partial charge in [0.05, 0.1) is 5.25 Å². The Morgan fingerprint density at radius 2 is 2.00 bits per heavy atom. The summed E-state index contributed by atoms with van der Waals surface area (Å²) in [5.74, 6) is -0.455. The number of amides is 1. The van der Waals surface area contributed by atoms with E-state index in [0.717, 1.165) is 4.90 Å². The van der Waals surface area contributed by atoms with Crippen LogP contribution >= 0.6 is 11.8 Å². The number of carbonyl (C=O) groups excluding carboxylic acids is 1. The molecule has 104 valence electrons. The van der Waals surface area contributed by atoms with E-state index >= 15 is 0 Å². The molecule has 1 unspecified atom stereocenters. The van der Waals surface area contributed by atoms with Gasteiger partial charge in [-0.15, -0.1) is 11.8 Å². The molecule has 0 fully saturated rings. The van der Waals surface area contributed by atoms with Crippen LogP contribution in [0, 0.1) is 5.82 Å². The quantitative estimate of drug-likeness (QED) is 0.669. The van der Waals surface area contributed by atoms with Crippen LogP contribution in [-0.4, -0.2) is 11.2 Å². The molecule has 0 heterocycles. The Bertz CT molecular complexity index is 618. The van der Waals surface area contributed by atoms with Gasteiger partial charge in [0.15, 0.2) is 0 Å². The SMILES string of the molecule is CC(Sc1cccc(F)c1)C(=O)Nc1cccc(N)c1. The lowest BCUT2D eigenvalue weighted by Crippen LogP contribution is -2.22. The maximum atomic E-state index is 13.1. The van der Waals surface area contributed by atoms with E-state index in [-0.39, 0.29) is 17.0 Å². The average Bonchev–Trinajstić information content (AvgIpc) is 2.38. The molecule has 0 bridgehead atoms. The van der Waals surface area contributed by atoms with E-state index in [1.165, 1.54) is 23.9 Å². The minimum absolute atomic E-state index is 0.148. The van der Waals surface area contributed by atoms with Gasteiger partial charge in [-0.25, -0.2) is 4.39 Å². The maximum absolute atomic E-state index is 13.1. The average molecular weight is 290 g/mol. The first-order chi connectivity index (χ1) is 9.54. The Labute approximate surface area is 121 Å². The summed E-state index contributed by atoms with van der Waals surface area (Å²) in [7, 11) is 0. The molecule has 0 saturated carbocycles. The summed E-state index contributed by atoms with van der Waals surface area (Å²) in [6, 6.07) is 13.2. The lowest BCUT2D eigenvalue weighted by Gasteiger charge is -2.12. The molecule has 0 aliphatic heterocycles. The van der Waals surface area contributed by atoms with Crippen molar-refractivity contribution in [2.45, 2.75) is 17.1 Å². The molecule has 2 aromatic carbocycles. The van der Waals surface area contributed by atoms with Gasteiger partial charge in [0.25, 0.3) is 0 Å². The van der Waals surface area contributed by atoms with Gasteiger partial charge in [-0.3, -0.25) is 4.79 Å². The molecule has 2 rings (SSSR count). The van der Waals surface area contributed by atoms with Crippen molar-refractivity contribution in [3.63, 3.8) is 0 Å². The van der Waals surface area contributed by atoms with Crippen molar-refractivity contribution >= 4 is 29.0 Å². The van der Waals surface area contributed by atoms with E-state index < -0.39 is 0 Å². The highest BCUT2D eigenvalue weighted by Crippen LogP contribution is 2.24. The van der Waals surface area contributed by atoms with Crippen LogP contribution in [0.25, 0.3) is 0 Å². The lowest BCUT2D eigenvalue weighted by molar-refractivity contribution is -0.115. The molecular formula is C15H15FN2OS. The summed E-state index contributed by atoms with van der Waals surface area (Å²) >= 11 is 1.31. The molecule has 3 N–H and O–H groups in total. The van der Waals surface area contributed by atoms with Crippen LogP contribution in [0.4, 0.5) is 15.8 Å². The molecule has 1 atom stereocenters. The second-order valence-corrected chi connectivity index (χ2v) is 5.75. The first-order valence-electron chi connectivity index (χ1n) is 6.13. The zero-order chi connectivity index (χ0) is 14.5. The van der Waals surface area contributed by atoms with Crippen LogP contribution in [0.15, 0.2) is 53.4 Å². The van der Waals surface area contributed by atoms with Gasteiger partial charge in [-0.2, -0.15) is 0 Å². The van der Waals surface area contributed by atoms with Crippen LogP contribution in [0.1, 0.15) is 6.92 Å². The smallest absolute Gasteiger partial charge is 0.237 e. The number of benzene rings is 2. The summed E-state index contributed by atoms with van der Waals surface area (Å²) in [4.78, 5) is 12.8. The van der Waals surface area contributed by atoms with Crippen molar-refractivity contribution in [1.82, 2.24) is 0 Å². The highest BCUT2D eigenvalue weighted by molar-refractivity contribution is 8.00. The fourth-order valence-corrected chi connectivity index (χ4v) is 2.57. The van der Waals surface area contributed by atoms with Gasteiger partial charge in [-0.1, -0.05) is 12.1 Å². The van der Waals surface area contributed by atoms with Crippen LogP contribution in [0.2, 0.25) is 0 Å². The largest absolute Gasteiger partial charge is 0.399 e. The van der Waals surface area contributed by atoms with Crippen molar-refractivity contribution < 1.29 is 9.18 Å². The second kappa shape index (κ2) is 6.43.